The number of fused-ring (bicyclic) bond motifs is 3. The van der Waals surface area contributed by atoms with Crippen molar-refractivity contribution < 1.29 is 9.59 Å². The molecule has 2 heterocycles. The van der Waals surface area contributed by atoms with Crippen molar-refractivity contribution in [3.05, 3.63) is 89.7 Å². The number of carbonyl (C=O) groups excluding carboxylic acids is 2. The summed E-state index contributed by atoms with van der Waals surface area (Å²) in [6.45, 7) is 0. The van der Waals surface area contributed by atoms with Crippen LogP contribution in [0.25, 0.3) is 5.69 Å². The number of Topliss-reactive ketones (excluding diaryl/α,β-unsaturated/α-hetero) is 2. The fourth-order valence-corrected chi connectivity index (χ4v) is 3.05. The molecule has 0 saturated heterocycles. The molecule has 4 rings (SSSR count). The summed E-state index contributed by atoms with van der Waals surface area (Å²) in [4.78, 5) is 25.9. The van der Waals surface area contributed by atoms with Crippen LogP contribution in [0.1, 0.15) is 32.3 Å². The fraction of sp³-hybridized carbons (Fsp3) is 0.0526. The molecule has 0 spiro atoms. The Hall–Kier alpha value is -2.94. The Labute approximate surface area is 127 Å². The Morgan fingerprint density at radius 1 is 0.727 bits per heavy atom. The molecule has 1 aliphatic heterocycles. The van der Waals surface area contributed by atoms with Crippen molar-refractivity contribution >= 4 is 11.6 Å². The van der Waals surface area contributed by atoms with Gasteiger partial charge in [-0.05, 0) is 29.8 Å². The van der Waals surface area contributed by atoms with E-state index in [2.05, 4.69) is 0 Å². The number of benzene rings is 2. The van der Waals surface area contributed by atoms with Crippen LogP contribution in [-0.4, -0.2) is 16.1 Å². The predicted octanol–water partition coefficient (Wildman–Crippen LogP) is 3.64. The maximum atomic E-state index is 13.0. The fourth-order valence-electron chi connectivity index (χ4n) is 3.05. The summed E-state index contributed by atoms with van der Waals surface area (Å²) in [6.07, 6.45) is 1.83. The first kappa shape index (κ1) is 12.8. The predicted molar refractivity (Wildman–Crippen MR) is 83.6 cm³/mol. The third-order valence-corrected chi connectivity index (χ3v) is 4.09. The van der Waals surface area contributed by atoms with Crippen molar-refractivity contribution in [1.29, 1.82) is 0 Å². The maximum absolute atomic E-state index is 13.0. The molecule has 0 aliphatic carbocycles. The molecule has 3 heteroatoms. The van der Waals surface area contributed by atoms with E-state index in [0.717, 1.165) is 11.3 Å². The zero-order chi connectivity index (χ0) is 15.1. The highest BCUT2D eigenvalue weighted by molar-refractivity contribution is 6.22. The van der Waals surface area contributed by atoms with E-state index in [4.69, 9.17) is 0 Å². The van der Waals surface area contributed by atoms with Crippen LogP contribution in [0.3, 0.4) is 0 Å². The average molecular weight is 287 g/mol. The van der Waals surface area contributed by atoms with E-state index in [0.29, 0.717) is 11.3 Å². The van der Waals surface area contributed by atoms with E-state index in [1.807, 2.05) is 60.8 Å². The third-order valence-electron chi connectivity index (χ3n) is 4.09. The highest BCUT2D eigenvalue weighted by Gasteiger charge is 2.35. The molecule has 1 aliphatic rings. The van der Waals surface area contributed by atoms with Crippen LogP contribution in [0.15, 0.2) is 72.9 Å². The minimum atomic E-state index is -0.779. The average Bonchev–Trinajstić information content (AvgIpc) is 3.02. The van der Waals surface area contributed by atoms with Crippen LogP contribution in [0.4, 0.5) is 0 Å². The van der Waals surface area contributed by atoms with E-state index >= 15 is 0 Å². The van der Waals surface area contributed by atoms with Gasteiger partial charge >= 0.3 is 0 Å². The molecule has 22 heavy (non-hydrogen) atoms. The largest absolute Gasteiger partial charge is 0.313 e. The van der Waals surface area contributed by atoms with E-state index < -0.39 is 5.92 Å². The van der Waals surface area contributed by atoms with Gasteiger partial charge in [0.05, 0.1) is 11.4 Å². The first-order valence-corrected chi connectivity index (χ1v) is 7.17. The summed E-state index contributed by atoms with van der Waals surface area (Å²) in [7, 11) is 0. The lowest BCUT2D eigenvalue weighted by molar-refractivity contribution is 0.0861. The normalized spacial score (nSPS) is 16.8. The molecule has 106 valence electrons. The lowest BCUT2D eigenvalue weighted by Gasteiger charge is -2.12. The number of hydrogen-bond acceptors (Lipinski definition) is 2. The van der Waals surface area contributed by atoms with E-state index in [1.165, 1.54) is 0 Å². The highest BCUT2D eigenvalue weighted by Crippen LogP contribution is 2.32. The Balaban J connectivity index is 2.01. The summed E-state index contributed by atoms with van der Waals surface area (Å²) in [5.41, 5.74) is 2.63. The van der Waals surface area contributed by atoms with Gasteiger partial charge in [0.1, 0.15) is 5.92 Å². The van der Waals surface area contributed by atoms with Crippen LogP contribution in [-0.2, 0) is 0 Å². The van der Waals surface area contributed by atoms with Gasteiger partial charge in [-0.3, -0.25) is 9.59 Å². The minimum Gasteiger partial charge on any atom is -0.313 e. The molecule has 0 radical (unpaired) electrons. The Kier molecular flexibility index (Phi) is 2.79. The molecule has 1 atom stereocenters. The first-order valence-electron chi connectivity index (χ1n) is 7.17. The zero-order valence-electron chi connectivity index (χ0n) is 11.8. The molecule has 3 aromatic rings. The third kappa shape index (κ3) is 1.76. The van der Waals surface area contributed by atoms with Crippen molar-refractivity contribution in [2.45, 2.75) is 5.92 Å². The summed E-state index contributed by atoms with van der Waals surface area (Å²) in [5, 5.41) is 0. The Bertz CT molecular complexity index is 877. The lowest BCUT2D eigenvalue weighted by atomic mass is 9.87. The monoisotopic (exact) mass is 287 g/mol. The van der Waals surface area contributed by atoms with Gasteiger partial charge in [-0.15, -0.1) is 0 Å². The molecule has 1 unspecified atom stereocenters. The van der Waals surface area contributed by atoms with Crippen LogP contribution in [0.2, 0.25) is 0 Å². The molecule has 0 saturated carbocycles. The second kappa shape index (κ2) is 4.81. The topological polar surface area (TPSA) is 39.1 Å². The number of aromatic nitrogens is 1. The summed E-state index contributed by atoms with van der Waals surface area (Å²) >= 11 is 0. The minimum absolute atomic E-state index is 0.143. The molecule has 0 amide bonds. The van der Waals surface area contributed by atoms with Crippen LogP contribution < -0.4 is 0 Å². The maximum Gasteiger partial charge on any atom is 0.194 e. The molecule has 2 aromatic carbocycles. The molecular formula is C19H13NO2. The summed E-state index contributed by atoms with van der Waals surface area (Å²) in [6, 6.07) is 20.2. The number of rotatable bonds is 1. The molecule has 0 N–H and O–H groups in total. The van der Waals surface area contributed by atoms with Crippen molar-refractivity contribution in [3.8, 4) is 5.69 Å². The zero-order valence-corrected chi connectivity index (χ0v) is 11.8. The standard InChI is InChI=1S/C19H13NO2/c21-18-14-9-4-5-10-15(14)20-12-6-11-16(20)19(22)17(18)13-7-2-1-3-8-13/h1-12,17H. The smallest absolute Gasteiger partial charge is 0.194 e. The van der Waals surface area contributed by atoms with Gasteiger partial charge in [-0.25, -0.2) is 0 Å². The Morgan fingerprint density at radius 3 is 2.27 bits per heavy atom. The second-order valence-corrected chi connectivity index (χ2v) is 5.35. The second-order valence-electron chi connectivity index (χ2n) is 5.35. The number of para-hydroxylation sites is 1. The summed E-state index contributed by atoms with van der Waals surface area (Å²) < 4.78 is 1.80. The first-order chi connectivity index (χ1) is 10.8. The summed E-state index contributed by atoms with van der Waals surface area (Å²) in [5.74, 6) is -1.08. The molecule has 1 aromatic heterocycles. The van der Waals surface area contributed by atoms with Crippen molar-refractivity contribution in [2.24, 2.45) is 0 Å². The van der Waals surface area contributed by atoms with Gasteiger partial charge in [-0.2, -0.15) is 0 Å². The van der Waals surface area contributed by atoms with Crippen LogP contribution >= 0.6 is 0 Å². The molecule has 3 nitrogen and oxygen atoms in total. The Morgan fingerprint density at radius 2 is 1.45 bits per heavy atom. The van der Waals surface area contributed by atoms with Gasteiger partial charge in [0.2, 0.25) is 0 Å². The van der Waals surface area contributed by atoms with Crippen molar-refractivity contribution in [2.75, 3.05) is 0 Å². The molecule has 0 fully saturated rings. The molecule has 0 bridgehead atoms. The number of nitrogens with zero attached hydrogens (tertiary/aromatic N) is 1. The van der Waals surface area contributed by atoms with E-state index in [1.54, 1.807) is 16.7 Å². The van der Waals surface area contributed by atoms with Gasteiger partial charge in [0, 0.05) is 11.8 Å². The molecular weight excluding hydrogens is 274 g/mol. The van der Waals surface area contributed by atoms with Crippen LogP contribution in [0.5, 0.6) is 0 Å². The van der Waals surface area contributed by atoms with Gasteiger partial charge in [0.15, 0.2) is 11.6 Å². The SMILES string of the molecule is O=C1c2ccccc2-n2cccc2C(=O)C1c1ccccc1. The van der Waals surface area contributed by atoms with Crippen molar-refractivity contribution in [3.63, 3.8) is 0 Å². The number of carbonyl (C=O) groups is 2. The van der Waals surface area contributed by atoms with Crippen LogP contribution in [0, 0.1) is 0 Å². The number of hydrogen-bond donors (Lipinski definition) is 0. The van der Waals surface area contributed by atoms with E-state index in [9.17, 15) is 9.59 Å². The quantitative estimate of drug-likeness (QED) is 0.641. The van der Waals surface area contributed by atoms with Gasteiger partial charge in [-0.1, -0.05) is 42.5 Å². The highest BCUT2D eigenvalue weighted by atomic mass is 16.2. The van der Waals surface area contributed by atoms with E-state index in [-0.39, 0.29) is 11.6 Å². The van der Waals surface area contributed by atoms with Crippen molar-refractivity contribution in [1.82, 2.24) is 4.57 Å². The lowest BCUT2D eigenvalue weighted by Crippen LogP contribution is -2.21. The number of ketones is 2. The van der Waals surface area contributed by atoms with Gasteiger partial charge < -0.3 is 4.57 Å². The van der Waals surface area contributed by atoms with Gasteiger partial charge in [0.25, 0.3) is 0 Å².